The molecule has 0 aromatic heterocycles. The molecule has 4 nitrogen and oxygen atoms in total. The molecule has 4 heteroatoms. The first-order valence-corrected chi connectivity index (χ1v) is 7.40. The number of rotatable bonds is 6. The number of allylic oxidation sites excluding steroid dienone is 2. The molecule has 1 aliphatic rings. The molecule has 1 aliphatic carbocycles. The van der Waals surface area contributed by atoms with E-state index in [0.717, 1.165) is 37.7 Å². The lowest BCUT2D eigenvalue weighted by Gasteiger charge is -2.12. The molecule has 0 saturated carbocycles. The van der Waals surface area contributed by atoms with Crippen molar-refractivity contribution in [1.82, 2.24) is 0 Å². The number of benzene rings is 1. The minimum Gasteiger partial charge on any atom is -0.478 e. The lowest BCUT2D eigenvalue weighted by molar-refractivity contribution is 0.0697. The van der Waals surface area contributed by atoms with Crippen molar-refractivity contribution >= 4 is 17.8 Å². The van der Waals surface area contributed by atoms with E-state index in [9.17, 15) is 4.79 Å². The van der Waals surface area contributed by atoms with Gasteiger partial charge in [0.05, 0.1) is 11.8 Å². The number of carboxylic acid groups (broad SMARTS) is 1. The highest BCUT2D eigenvalue weighted by atomic mass is 16.4. The van der Waals surface area contributed by atoms with Crippen LogP contribution in [-0.2, 0) is 0 Å². The van der Waals surface area contributed by atoms with Crippen LogP contribution in [-0.4, -0.2) is 22.5 Å². The van der Waals surface area contributed by atoms with Crippen molar-refractivity contribution in [1.29, 1.82) is 0 Å². The number of hydrogen-bond donors (Lipinski definition) is 2. The summed E-state index contributed by atoms with van der Waals surface area (Å²) in [6.07, 6.45) is 6.91. The van der Waals surface area contributed by atoms with Crippen LogP contribution in [0.2, 0.25) is 0 Å². The van der Waals surface area contributed by atoms with Crippen molar-refractivity contribution < 1.29 is 15.1 Å². The molecule has 1 aromatic rings. The smallest absolute Gasteiger partial charge is 0.335 e. The Kier molecular flexibility index (Phi) is 5.14. The van der Waals surface area contributed by atoms with E-state index < -0.39 is 5.97 Å². The van der Waals surface area contributed by atoms with Crippen LogP contribution in [0.25, 0.3) is 5.57 Å². The number of nitrogens with zero attached hydrogens (tertiary/aromatic N) is 1. The van der Waals surface area contributed by atoms with Crippen LogP contribution in [0.3, 0.4) is 0 Å². The Morgan fingerprint density at radius 1 is 1.38 bits per heavy atom. The Bertz CT molecular complexity index is 558. The van der Waals surface area contributed by atoms with Gasteiger partial charge in [0.15, 0.2) is 0 Å². The van der Waals surface area contributed by atoms with Crippen molar-refractivity contribution in [2.45, 2.75) is 39.0 Å². The average Bonchev–Trinajstić information content (AvgIpc) is 2.88. The van der Waals surface area contributed by atoms with Gasteiger partial charge in [-0.2, -0.15) is 0 Å². The first kappa shape index (κ1) is 15.3. The summed E-state index contributed by atoms with van der Waals surface area (Å²) < 4.78 is 0. The third kappa shape index (κ3) is 3.51. The third-order valence-electron chi connectivity index (χ3n) is 4.03. The number of unbranched alkanes of at least 4 members (excludes halogenated alkanes) is 1. The van der Waals surface area contributed by atoms with E-state index in [2.05, 4.69) is 12.1 Å². The molecule has 0 spiro atoms. The molecule has 21 heavy (non-hydrogen) atoms. The van der Waals surface area contributed by atoms with Crippen LogP contribution in [0, 0.1) is 5.92 Å². The van der Waals surface area contributed by atoms with Gasteiger partial charge in [0.1, 0.15) is 0 Å². The molecule has 0 amide bonds. The van der Waals surface area contributed by atoms with Gasteiger partial charge in [0.2, 0.25) is 0 Å². The molecule has 112 valence electrons. The molecule has 0 bridgehead atoms. The molecule has 2 N–H and O–H groups in total. The Hall–Kier alpha value is -2.10. The number of hydrogen-bond acceptors (Lipinski definition) is 3. The normalized spacial score (nSPS) is 18.6. The van der Waals surface area contributed by atoms with Crippen molar-refractivity contribution in [3.8, 4) is 0 Å². The maximum atomic E-state index is 10.9. The summed E-state index contributed by atoms with van der Waals surface area (Å²) in [4.78, 5) is 10.9. The van der Waals surface area contributed by atoms with Crippen LogP contribution in [0.1, 0.15) is 54.9 Å². The summed E-state index contributed by atoms with van der Waals surface area (Å²) in [6.45, 7) is 2.17. The fraction of sp³-hybridized carbons (Fsp3) is 0.412. The van der Waals surface area contributed by atoms with Gasteiger partial charge < -0.3 is 10.3 Å². The van der Waals surface area contributed by atoms with E-state index in [-0.39, 0.29) is 5.92 Å². The third-order valence-corrected chi connectivity index (χ3v) is 4.03. The Balaban J connectivity index is 2.35. The van der Waals surface area contributed by atoms with Crippen molar-refractivity contribution in [3.05, 3.63) is 41.0 Å². The van der Waals surface area contributed by atoms with Crippen LogP contribution in [0.5, 0.6) is 0 Å². The summed E-state index contributed by atoms with van der Waals surface area (Å²) in [5, 5.41) is 21.0. The summed E-state index contributed by atoms with van der Waals surface area (Å²) in [7, 11) is 0. The molecule has 1 aromatic carbocycles. The zero-order valence-corrected chi connectivity index (χ0v) is 12.2. The number of aromatic carboxylic acids is 1. The lowest BCUT2D eigenvalue weighted by Crippen LogP contribution is -2.02. The van der Waals surface area contributed by atoms with Crippen molar-refractivity contribution in [3.63, 3.8) is 0 Å². The van der Waals surface area contributed by atoms with Crippen molar-refractivity contribution in [2.24, 2.45) is 11.1 Å². The van der Waals surface area contributed by atoms with E-state index in [0.29, 0.717) is 5.56 Å². The summed E-state index contributed by atoms with van der Waals surface area (Å²) in [6, 6.07) is 6.98. The lowest BCUT2D eigenvalue weighted by atomic mass is 9.92. The molecule has 2 rings (SSSR count). The molecule has 0 saturated heterocycles. The van der Waals surface area contributed by atoms with E-state index >= 15 is 0 Å². The second kappa shape index (κ2) is 7.07. The fourth-order valence-electron chi connectivity index (χ4n) is 2.96. The van der Waals surface area contributed by atoms with E-state index in [4.69, 9.17) is 10.3 Å². The summed E-state index contributed by atoms with van der Waals surface area (Å²) in [5.41, 5.74) is 3.94. The predicted octanol–water partition coefficient (Wildman–Crippen LogP) is 4.20. The molecular weight excluding hydrogens is 266 g/mol. The van der Waals surface area contributed by atoms with E-state index in [1.54, 1.807) is 18.3 Å². The van der Waals surface area contributed by atoms with Gasteiger partial charge >= 0.3 is 5.97 Å². The highest BCUT2D eigenvalue weighted by Gasteiger charge is 2.25. The molecule has 0 aliphatic heterocycles. The molecule has 0 fully saturated rings. The second-order valence-electron chi connectivity index (χ2n) is 5.41. The van der Waals surface area contributed by atoms with Gasteiger partial charge in [0.25, 0.3) is 0 Å². The SMILES string of the molecule is CCCCC1=C(c2ccc(C(=O)O)cc2)C(C=NO)CC1. The van der Waals surface area contributed by atoms with Gasteiger partial charge in [0, 0.05) is 5.92 Å². The molecular formula is C17H21NO3. The number of carbonyl (C=O) groups is 1. The van der Waals surface area contributed by atoms with Gasteiger partial charge in [-0.25, -0.2) is 4.79 Å². The van der Waals surface area contributed by atoms with Gasteiger partial charge in [-0.3, -0.25) is 0 Å². The van der Waals surface area contributed by atoms with E-state index in [1.807, 2.05) is 12.1 Å². The van der Waals surface area contributed by atoms with E-state index in [1.165, 1.54) is 11.1 Å². The van der Waals surface area contributed by atoms with Gasteiger partial charge in [-0.05, 0) is 49.0 Å². The predicted molar refractivity (Wildman–Crippen MR) is 82.8 cm³/mol. The quantitative estimate of drug-likeness (QED) is 0.468. The molecule has 1 unspecified atom stereocenters. The monoisotopic (exact) mass is 287 g/mol. The average molecular weight is 287 g/mol. The highest BCUT2D eigenvalue weighted by Crippen LogP contribution is 2.40. The van der Waals surface area contributed by atoms with Gasteiger partial charge in [-0.1, -0.05) is 31.1 Å². The molecule has 1 atom stereocenters. The van der Waals surface area contributed by atoms with Crippen LogP contribution in [0.15, 0.2) is 35.0 Å². The maximum Gasteiger partial charge on any atom is 0.335 e. The first-order valence-electron chi connectivity index (χ1n) is 7.40. The maximum absolute atomic E-state index is 10.9. The van der Waals surface area contributed by atoms with Crippen molar-refractivity contribution in [2.75, 3.05) is 0 Å². The minimum absolute atomic E-state index is 0.123. The topological polar surface area (TPSA) is 69.9 Å². The minimum atomic E-state index is -0.915. The number of oxime groups is 1. The largest absolute Gasteiger partial charge is 0.478 e. The zero-order valence-electron chi connectivity index (χ0n) is 12.2. The first-order chi connectivity index (χ1) is 10.2. The molecule has 0 heterocycles. The zero-order chi connectivity index (χ0) is 15.2. The molecule has 0 radical (unpaired) electrons. The van der Waals surface area contributed by atoms with Crippen LogP contribution in [0.4, 0.5) is 0 Å². The summed E-state index contributed by atoms with van der Waals surface area (Å²) >= 11 is 0. The van der Waals surface area contributed by atoms with Crippen LogP contribution >= 0.6 is 0 Å². The number of carboxylic acids is 1. The highest BCUT2D eigenvalue weighted by molar-refractivity contribution is 5.90. The van der Waals surface area contributed by atoms with Gasteiger partial charge in [-0.15, -0.1) is 5.16 Å². The Morgan fingerprint density at radius 2 is 2.10 bits per heavy atom. The fourth-order valence-corrected chi connectivity index (χ4v) is 2.96. The Morgan fingerprint density at radius 3 is 2.67 bits per heavy atom. The summed E-state index contributed by atoms with van der Waals surface area (Å²) in [5.74, 6) is -0.792. The van der Waals surface area contributed by atoms with Crippen LogP contribution < -0.4 is 0 Å². The standard InChI is InChI=1S/C17H21NO3/c1-2-3-4-12-7-10-15(11-18-21)16(12)13-5-8-14(9-6-13)17(19)20/h5-6,8-9,11,15,21H,2-4,7,10H2,1H3,(H,19,20). The Labute approximate surface area is 124 Å². The second-order valence-corrected chi connectivity index (χ2v) is 5.41.